The molecule has 8 rings (SSSR count). The Balaban J connectivity index is 1.33. The van der Waals surface area contributed by atoms with Crippen molar-refractivity contribution in [1.29, 1.82) is 0 Å². The van der Waals surface area contributed by atoms with Gasteiger partial charge in [0.15, 0.2) is 11.5 Å². The largest absolute Gasteiger partial charge is 0.439 e. The normalized spacial score (nSPS) is 20.4. The van der Waals surface area contributed by atoms with E-state index in [4.69, 9.17) is 14.5 Å². The molecule has 0 spiro atoms. The number of anilines is 3. The van der Waals surface area contributed by atoms with Gasteiger partial charge in [-0.15, -0.1) is 0 Å². The minimum absolute atomic E-state index is 0.0265. The smallest absolute Gasteiger partial charge is 0.362 e. The van der Waals surface area contributed by atoms with E-state index < -0.39 is 17.5 Å². The number of hydrogen-bond donors (Lipinski definition) is 2. The van der Waals surface area contributed by atoms with Crippen molar-refractivity contribution in [1.82, 2.24) is 29.7 Å². The monoisotopic (exact) mass is 552 g/mol. The fourth-order valence-corrected chi connectivity index (χ4v) is 6.74. The second-order valence-electron chi connectivity index (χ2n) is 11.6. The Morgan fingerprint density at radius 1 is 1.05 bits per heavy atom. The number of hydrogen-bond acceptors (Lipinski definition) is 8. The molecule has 4 aromatic rings. The van der Waals surface area contributed by atoms with Crippen molar-refractivity contribution in [2.75, 3.05) is 10.2 Å². The third-order valence-electron chi connectivity index (χ3n) is 9.18. The molecule has 0 radical (unpaired) electrons. The van der Waals surface area contributed by atoms with E-state index in [0.29, 0.717) is 41.1 Å². The van der Waals surface area contributed by atoms with Gasteiger partial charge in [0.2, 0.25) is 17.6 Å². The Kier molecular flexibility index (Phi) is 4.97. The summed E-state index contributed by atoms with van der Waals surface area (Å²) in [7, 11) is 0. The lowest BCUT2D eigenvalue weighted by Crippen LogP contribution is -2.37. The lowest BCUT2D eigenvalue weighted by atomic mass is 9.78. The van der Waals surface area contributed by atoms with Gasteiger partial charge in [-0.2, -0.15) is 18.2 Å². The minimum Gasteiger partial charge on any atom is -0.362 e. The van der Waals surface area contributed by atoms with Crippen LogP contribution in [0.3, 0.4) is 0 Å². The quantitative estimate of drug-likeness (QED) is 0.339. The Morgan fingerprint density at radius 3 is 2.50 bits per heavy atom. The van der Waals surface area contributed by atoms with Gasteiger partial charge in [-0.3, -0.25) is 9.51 Å². The third kappa shape index (κ3) is 3.66. The van der Waals surface area contributed by atoms with Gasteiger partial charge in [0, 0.05) is 17.3 Å². The number of H-pyrrole nitrogens is 1. The number of aromatic amines is 1. The molecule has 13 heteroatoms. The molecule has 2 N–H and O–H groups in total. The summed E-state index contributed by atoms with van der Waals surface area (Å²) >= 11 is 0. The Morgan fingerprint density at radius 2 is 1.85 bits per heavy atom. The van der Waals surface area contributed by atoms with Gasteiger partial charge < -0.3 is 14.8 Å². The van der Waals surface area contributed by atoms with Crippen LogP contribution in [0.1, 0.15) is 68.9 Å². The summed E-state index contributed by atoms with van der Waals surface area (Å²) < 4.78 is 48.0. The molecule has 4 heterocycles. The molecule has 0 amide bonds. The van der Waals surface area contributed by atoms with Crippen molar-refractivity contribution >= 4 is 28.6 Å². The van der Waals surface area contributed by atoms with E-state index in [1.807, 2.05) is 9.47 Å². The molecular formula is C27H27F3N8O2. The van der Waals surface area contributed by atoms with Crippen molar-refractivity contribution in [2.24, 2.45) is 5.92 Å². The molecular weight excluding hydrogens is 525 g/mol. The topological polar surface area (TPSA) is 118 Å². The van der Waals surface area contributed by atoms with E-state index in [-0.39, 0.29) is 23.2 Å². The Bertz CT molecular complexity index is 1690. The summed E-state index contributed by atoms with van der Waals surface area (Å²) in [6.45, 7) is 0.344. The van der Waals surface area contributed by atoms with E-state index in [2.05, 4.69) is 20.4 Å². The molecule has 3 aliphatic carbocycles. The van der Waals surface area contributed by atoms with Crippen LogP contribution in [0.25, 0.3) is 22.8 Å². The van der Waals surface area contributed by atoms with Gasteiger partial charge in [0.1, 0.15) is 5.52 Å². The zero-order valence-corrected chi connectivity index (χ0v) is 21.6. The van der Waals surface area contributed by atoms with E-state index in [1.54, 1.807) is 6.07 Å². The van der Waals surface area contributed by atoms with Crippen molar-refractivity contribution in [3.05, 3.63) is 39.9 Å². The van der Waals surface area contributed by atoms with Crippen LogP contribution < -0.4 is 16.0 Å². The average molecular weight is 553 g/mol. The predicted molar refractivity (Wildman–Crippen MR) is 139 cm³/mol. The maximum atomic E-state index is 13.7. The highest BCUT2D eigenvalue weighted by atomic mass is 19.4. The standard InChI is InChI=1S/C27H27F3N8O2/c28-27(29,30)16-9-8-14-13-37-19-20(33-24(37)38(18(14)12-16)17-6-1-2-7-17)31-22(23-34-25(39)40-36-23)32-21(19)35-26(10-11-26)15-4-3-5-15/h8-9,12,15,17H,1-7,10-11,13H2,(H,31,32,35)(H,34,36,39). The van der Waals surface area contributed by atoms with E-state index >= 15 is 0 Å². The first-order chi connectivity index (χ1) is 19.3. The fraction of sp³-hybridized carbons (Fsp3) is 0.519. The van der Waals surface area contributed by atoms with Gasteiger partial charge in [-0.25, -0.2) is 14.8 Å². The van der Waals surface area contributed by atoms with Crippen molar-refractivity contribution < 1.29 is 17.7 Å². The molecule has 40 heavy (non-hydrogen) atoms. The average Bonchev–Trinajstić information content (AvgIpc) is 3.26. The molecule has 208 valence electrons. The number of nitrogens with one attached hydrogen (secondary N) is 2. The second-order valence-corrected chi connectivity index (χ2v) is 11.6. The first-order valence-corrected chi connectivity index (χ1v) is 13.9. The summed E-state index contributed by atoms with van der Waals surface area (Å²) in [6, 6.07) is 4.01. The number of halogens is 3. The minimum atomic E-state index is -4.44. The summed E-state index contributed by atoms with van der Waals surface area (Å²) in [5.74, 6) is 1.27. The SMILES string of the molecule is O=c1[nH]c(-c2nc(NC3(C4CCC4)CC3)c3c(n2)nc2n3Cc3ccc(C(F)(F)F)cc3N2C2CCCC2)no1. The maximum absolute atomic E-state index is 13.7. The second kappa shape index (κ2) is 8.31. The maximum Gasteiger partial charge on any atom is 0.439 e. The molecule has 0 bridgehead atoms. The molecule has 0 atom stereocenters. The van der Waals surface area contributed by atoms with E-state index in [9.17, 15) is 18.0 Å². The highest BCUT2D eigenvalue weighted by Gasteiger charge is 2.52. The number of nitrogens with zero attached hydrogens (tertiary/aromatic N) is 6. The predicted octanol–water partition coefficient (Wildman–Crippen LogP) is 5.38. The Labute approximate surface area is 226 Å². The lowest BCUT2D eigenvalue weighted by molar-refractivity contribution is -0.137. The molecule has 0 saturated heterocycles. The first-order valence-electron chi connectivity index (χ1n) is 13.9. The van der Waals surface area contributed by atoms with Crippen LogP contribution in [0.2, 0.25) is 0 Å². The summed E-state index contributed by atoms with van der Waals surface area (Å²) in [6.07, 6.45) is 4.94. The molecule has 3 saturated carbocycles. The third-order valence-corrected chi connectivity index (χ3v) is 9.18. The van der Waals surface area contributed by atoms with Gasteiger partial charge in [0.05, 0.1) is 12.1 Å². The van der Waals surface area contributed by atoms with Gasteiger partial charge in [0.25, 0.3) is 0 Å². The van der Waals surface area contributed by atoms with Crippen LogP contribution in [0, 0.1) is 5.92 Å². The Hall–Kier alpha value is -3.90. The molecule has 4 aliphatic rings. The highest BCUT2D eigenvalue weighted by molar-refractivity contribution is 5.90. The molecule has 0 unspecified atom stereocenters. The van der Waals surface area contributed by atoms with Crippen LogP contribution in [0.4, 0.5) is 30.6 Å². The number of rotatable bonds is 5. The van der Waals surface area contributed by atoms with Gasteiger partial charge >= 0.3 is 11.9 Å². The van der Waals surface area contributed by atoms with Crippen molar-refractivity contribution in [2.45, 2.75) is 82.1 Å². The van der Waals surface area contributed by atoms with Gasteiger partial charge in [-0.05, 0) is 62.1 Å². The number of fused-ring (bicyclic) bond motifs is 4. The van der Waals surface area contributed by atoms with Crippen LogP contribution in [0.15, 0.2) is 27.5 Å². The summed E-state index contributed by atoms with van der Waals surface area (Å²) in [4.78, 5) is 30.6. The number of imidazole rings is 1. The number of benzene rings is 1. The summed E-state index contributed by atoms with van der Waals surface area (Å²) in [5, 5.41) is 7.52. The zero-order chi connectivity index (χ0) is 27.2. The van der Waals surface area contributed by atoms with Crippen molar-refractivity contribution in [3.63, 3.8) is 0 Å². The van der Waals surface area contributed by atoms with Crippen LogP contribution >= 0.6 is 0 Å². The molecule has 10 nitrogen and oxygen atoms in total. The molecule has 1 aliphatic heterocycles. The van der Waals surface area contributed by atoms with E-state index in [1.165, 1.54) is 25.3 Å². The molecule has 1 aromatic carbocycles. The number of aromatic nitrogens is 6. The number of alkyl halides is 3. The van der Waals surface area contributed by atoms with E-state index in [0.717, 1.165) is 50.2 Å². The first kappa shape index (κ1) is 23.9. The van der Waals surface area contributed by atoms with Crippen molar-refractivity contribution in [3.8, 4) is 11.6 Å². The van der Waals surface area contributed by atoms with Crippen LogP contribution in [-0.2, 0) is 12.7 Å². The summed E-state index contributed by atoms with van der Waals surface area (Å²) in [5.41, 5.74) is 1.71. The van der Waals surface area contributed by atoms with Crippen LogP contribution in [0.5, 0.6) is 0 Å². The van der Waals surface area contributed by atoms with Gasteiger partial charge in [-0.1, -0.05) is 30.5 Å². The fourth-order valence-electron chi connectivity index (χ4n) is 6.74. The highest BCUT2D eigenvalue weighted by Crippen LogP contribution is 2.53. The molecule has 3 fully saturated rings. The van der Waals surface area contributed by atoms with Crippen LogP contribution in [-0.4, -0.2) is 41.2 Å². The lowest BCUT2D eigenvalue weighted by Gasteiger charge is -2.37. The zero-order valence-electron chi connectivity index (χ0n) is 21.6. The molecule has 3 aromatic heterocycles.